The number of fused-ring (bicyclic) bond motifs is 1. The van der Waals surface area contributed by atoms with Gasteiger partial charge in [0.2, 0.25) is 5.91 Å². The molecule has 5 rings (SSSR count). The number of amides is 2. The number of methoxy groups -OCH3 is 1. The summed E-state index contributed by atoms with van der Waals surface area (Å²) < 4.78 is 4.78. The monoisotopic (exact) mass is 442 g/mol. The van der Waals surface area contributed by atoms with E-state index in [-0.39, 0.29) is 18.4 Å². The molecule has 0 saturated carbocycles. The number of para-hydroxylation sites is 1. The largest absolute Gasteiger partial charge is 0.465 e. The summed E-state index contributed by atoms with van der Waals surface area (Å²) in [7, 11) is 1.33. The minimum Gasteiger partial charge on any atom is -0.465 e. The minimum atomic E-state index is -0.910. The lowest BCUT2D eigenvalue weighted by molar-refractivity contribution is -0.143. The van der Waals surface area contributed by atoms with Gasteiger partial charge in [-0.25, -0.2) is 9.86 Å². The molecule has 2 heterocycles. The van der Waals surface area contributed by atoms with Gasteiger partial charge in [-0.05, 0) is 35.4 Å². The maximum absolute atomic E-state index is 13.5. The van der Waals surface area contributed by atoms with Gasteiger partial charge in [-0.2, -0.15) is 0 Å². The lowest BCUT2D eigenvalue weighted by Crippen LogP contribution is -2.36. The molecule has 7 nitrogen and oxygen atoms in total. The van der Waals surface area contributed by atoms with E-state index < -0.39 is 24.0 Å². The summed E-state index contributed by atoms with van der Waals surface area (Å²) in [6, 6.07) is 25.1. The van der Waals surface area contributed by atoms with Crippen molar-refractivity contribution in [2.75, 3.05) is 12.2 Å². The molecule has 0 N–H and O–H groups in total. The number of rotatable bonds is 5. The molecule has 3 aromatic carbocycles. The fourth-order valence-electron chi connectivity index (χ4n) is 4.47. The van der Waals surface area contributed by atoms with Gasteiger partial charge in [-0.15, -0.1) is 0 Å². The van der Waals surface area contributed by atoms with Crippen LogP contribution in [0.3, 0.4) is 0 Å². The molecular formula is C26H22N2O5. The average molecular weight is 442 g/mol. The highest BCUT2D eigenvalue weighted by molar-refractivity contribution is 6.07. The first-order valence-electron chi connectivity index (χ1n) is 10.7. The van der Waals surface area contributed by atoms with Gasteiger partial charge < -0.3 is 4.74 Å². The van der Waals surface area contributed by atoms with Gasteiger partial charge in [0, 0.05) is 0 Å². The Labute approximate surface area is 191 Å². The zero-order valence-corrected chi connectivity index (χ0v) is 18.0. The van der Waals surface area contributed by atoms with Crippen LogP contribution in [-0.2, 0) is 25.7 Å². The molecule has 3 aromatic rings. The molecule has 0 radical (unpaired) electrons. The third-order valence-corrected chi connectivity index (χ3v) is 6.07. The third-order valence-electron chi connectivity index (χ3n) is 6.07. The van der Waals surface area contributed by atoms with Crippen LogP contribution in [0.2, 0.25) is 0 Å². The fourth-order valence-corrected chi connectivity index (χ4v) is 4.47. The van der Waals surface area contributed by atoms with Crippen LogP contribution >= 0.6 is 0 Å². The van der Waals surface area contributed by atoms with Crippen LogP contribution in [0.1, 0.15) is 27.5 Å². The Morgan fingerprint density at radius 2 is 1.52 bits per heavy atom. The number of nitrogens with zero attached hydrogens (tertiary/aromatic N) is 2. The maximum Gasteiger partial charge on any atom is 0.337 e. The van der Waals surface area contributed by atoms with Crippen molar-refractivity contribution in [2.45, 2.75) is 18.7 Å². The van der Waals surface area contributed by atoms with Crippen LogP contribution in [0, 0.1) is 5.92 Å². The molecule has 2 aliphatic rings. The molecule has 0 spiro atoms. The van der Waals surface area contributed by atoms with E-state index in [2.05, 4.69) is 0 Å². The van der Waals surface area contributed by atoms with Crippen LogP contribution < -0.4 is 5.06 Å². The molecule has 7 heteroatoms. The number of likely N-dealkylation sites (tertiary alicyclic amines) is 1. The molecule has 2 fully saturated rings. The Hall–Kier alpha value is -3.97. The van der Waals surface area contributed by atoms with E-state index in [1.165, 1.54) is 12.0 Å². The second-order valence-electron chi connectivity index (χ2n) is 8.02. The summed E-state index contributed by atoms with van der Waals surface area (Å²) in [6.45, 7) is 0.203. The summed E-state index contributed by atoms with van der Waals surface area (Å²) in [6.07, 6.45) is -0.910. The van der Waals surface area contributed by atoms with Crippen molar-refractivity contribution in [3.8, 4) is 0 Å². The van der Waals surface area contributed by atoms with Crippen LogP contribution in [0.4, 0.5) is 5.69 Å². The van der Waals surface area contributed by atoms with Gasteiger partial charge in [0.05, 0.1) is 30.9 Å². The summed E-state index contributed by atoms with van der Waals surface area (Å²) in [4.78, 5) is 46.0. The van der Waals surface area contributed by atoms with Crippen molar-refractivity contribution in [1.82, 2.24) is 4.90 Å². The Morgan fingerprint density at radius 1 is 0.879 bits per heavy atom. The van der Waals surface area contributed by atoms with Crippen LogP contribution in [0.25, 0.3) is 0 Å². The molecule has 33 heavy (non-hydrogen) atoms. The summed E-state index contributed by atoms with van der Waals surface area (Å²) in [5.74, 6) is -1.76. The van der Waals surface area contributed by atoms with E-state index in [0.717, 1.165) is 16.8 Å². The van der Waals surface area contributed by atoms with Crippen molar-refractivity contribution in [3.05, 3.63) is 102 Å². The zero-order valence-electron chi connectivity index (χ0n) is 18.0. The lowest BCUT2D eigenvalue weighted by atomic mass is 9.90. The van der Waals surface area contributed by atoms with Crippen LogP contribution in [0.5, 0.6) is 0 Å². The number of benzene rings is 3. The number of ether oxygens (including phenoxy) is 1. The predicted octanol–water partition coefficient (Wildman–Crippen LogP) is 3.52. The summed E-state index contributed by atoms with van der Waals surface area (Å²) >= 11 is 0. The second kappa shape index (κ2) is 8.52. The highest BCUT2D eigenvalue weighted by atomic mass is 16.7. The summed E-state index contributed by atoms with van der Waals surface area (Å²) in [5.41, 5.74) is 2.78. The first-order valence-corrected chi connectivity index (χ1v) is 10.7. The molecule has 166 valence electrons. The molecule has 0 unspecified atom stereocenters. The molecule has 0 aromatic heterocycles. The van der Waals surface area contributed by atoms with E-state index in [4.69, 9.17) is 9.57 Å². The number of hydrogen-bond acceptors (Lipinski definition) is 6. The Balaban J connectivity index is 1.51. The lowest BCUT2D eigenvalue weighted by Gasteiger charge is -2.28. The average Bonchev–Trinajstić information content (AvgIpc) is 3.37. The number of hydroxylamine groups is 1. The van der Waals surface area contributed by atoms with Gasteiger partial charge >= 0.3 is 5.97 Å². The molecule has 0 aliphatic carbocycles. The van der Waals surface area contributed by atoms with Crippen molar-refractivity contribution < 1.29 is 24.0 Å². The number of esters is 1. The first-order chi connectivity index (χ1) is 16.1. The minimum absolute atomic E-state index is 0.203. The SMILES string of the molecule is COC(=O)c1ccc([C@@H]2[C@H]3C(=O)N(Cc4ccccc4)C(=O)[C@H]3ON2c2ccccc2)cc1. The zero-order chi connectivity index (χ0) is 22.9. The quantitative estimate of drug-likeness (QED) is 0.445. The van der Waals surface area contributed by atoms with Gasteiger partial charge in [-0.3, -0.25) is 19.3 Å². The Kier molecular flexibility index (Phi) is 5.40. The van der Waals surface area contributed by atoms with E-state index >= 15 is 0 Å². The van der Waals surface area contributed by atoms with E-state index in [0.29, 0.717) is 5.56 Å². The highest BCUT2D eigenvalue weighted by Crippen LogP contribution is 2.46. The van der Waals surface area contributed by atoms with Crippen LogP contribution in [0.15, 0.2) is 84.9 Å². The van der Waals surface area contributed by atoms with Crippen LogP contribution in [-0.4, -0.2) is 35.9 Å². The second-order valence-corrected chi connectivity index (χ2v) is 8.02. The number of imide groups is 1. The molecule has 2 amide bonds. The Bertz CT molecular complexity index is 1180. The van der Waals surface area contributed by atoms with Crippen molar-refractivity contribution >= 4 is 23.5 Å². The standard InChI is InChI=1S/C26H22N2O5/c1-32-26(31)19-14-12-18(13-15-19)22-21-23(33-28(22)20-10-6-3-7-11-20)25(30)27(24(21)29)16-17-8-4-2-5-9-17/h2-15,21-23H,16H2,1H3/t21-,22-,23+/m1/s1. The van der Waals surface area contributed by atoms with Gasteiger partial charge in [0.25, 0.3) is 5.91 Å². The van der Waals surface area contributed by atoms with E-state index in [1.807, 2.05) is 60.7 Å². The molecule has 2 saturated heterocycles. The molecule has 0 bridgehead atoms. The number of carbonyl (C=O) groups is 3. The van der Waals surface area contributed by atoms with E-state index in [1.54, 1.807) is 29.3 Å². The maximum atomic E-state index is 13.5. The van der Waals surface area contributed by atoms with Gasteiger partial charge in [-0.1, -0.05) is 60.7 Å². The molecule has 2 aliphatic heterocycles. The van der Waals surface area contributed by atoms with Gasteiger partial charge in [0.1, 0.15) is 5.92 Å². The highest BCUT2D eigenvalue weighted by Gasteiger charge is 2.59. The van der Waals surface area contributed by atoms with Crippen molar-refractivity contribution in [2.24, 2.45) is 5.92 Å². The summed E-state index contributed by atoms with van der Waals surface area (Å²) in [5, 5.41) is 1.64. The number of anilines is 1. The van der Waals surface area contributed by atoms with E-state index in [9.17, 15) is 14.4 Å². The predicted molar refractivity (Wildman–Crippen MR) is 120 cm³/mol. The third kappa shape index (κ3) is 3.66. The van der Waals surface area contributed by atoms with Crippen molar-refractivity contribution in [1.29, 1.82) is 0 Å². The molecular weight excluding hydrogens is 420 g/mol. The Morgan fingerprint density at radius 3 is 2.15 bits per heavy atom. The molecule has 3 atom stereocenters. The number of carbonyl (C=O) groups excluding carboxylic acids is 3. The normalized spacial score (nSPS) is 21.9. The van der Waals surface area contributed by atoms with Gasteiger partial charge in [0.15, 0.2) is 6.10 Å². The topological polar surface area (TPSA) is 76.2 Å². The first kappa shape index (κ1) is 20.9. The fraction of sp³-hybridized carbons (Fsp3) is 0.192. The number of hydrogen-bond donors (Lipinski definition) is 0. The van der Waals surface area contributed by atoms with Crippen molar-refractivity contribution in [3.63, 3.8) is 0 Å². The smallest absolute Gasteiger partial charge is 0.337 e.